The summed E-state index contributed by atoms with van der Waals surface area (Å²) in [6, 6.07) is 7.27. The first-order chi connectivity index (χ1) is 9.06. The van der Waals surface area contributed by atoms with Crippen LogP contribution in [0.25, 0.3) is 0 Å². The highest BCUT2D eigenvalue weighted by molar-refractivity contribution is 6.32. The maximum absolute atomic E-state index is 11.4. The van der Waals surface area contributed by atoms with E-state index in [0.717, 1.165) is 11.3 Å². The number of nitrogens with zero attached hydrogens (tertiary/aromatic N) is 1. The fraction of sp³-hybridized carbons (Fsp3) is 0.308. The zero-order valence-electron chi connectivity index (χ0n) is 10.4. The summed E-state index contributed by atoms with van der Waals surface area (Å²) in [6.45, 7) is 1.62. The normalized spacial score (nSPS) is 16.3. The van der Waals surface area contributed by atoms with E-state index in [-0.39, 0.29) is 11.8 Å². The van der Waals surface area contributed by atoms with Crippen LogP contribution in [-0.2, 0) is 9.59 Å². The Morgan fingerprint density at radius 1 is 1.37 bits per heavy atom. The SMILES string of the molecule is C[C@H](Cl)C(=O)Nc1ccc(C2=NNC(=O)CC2)cc1. The molecule has 2 amide bonds. The molecule has 100 valence electrons. The van der Waals surface area contributed by atoms with Crippen LogP contribution in [0.2, 0.25) is 0 Å². The highest BCUT2D eigenvalue weighted by atomic mass is 35.5. The highest BCUT2D eigenvalue weighted by Crippen LogP contribution is 2.14. The van der Waals surface area contributed by atoms with Crippen molar-refractivity contribution in [1.29, 1.82) is 0 Å². The standard InChI is InChI=1S/C13H14ClN3O2/c1-8(14)13(19)15-10-4-2-9(3-5-10)11-6-7-12(18)17-16-11/h2-5,8H,6-7H2,1H3,(H,15,19)(H,17,18)/t8-/m0/s1. The smallest absolute Gasteiger partial charge is 0.242 e. The van der Waals surface area contributed by atoms with Crippen molar-refractivity contribution in [3.8, 4) is 0 Å². The van der Waals surface area contributed by atoms with E-state index >= 15 is 0 Å². The number of hydrazone groups is 1. The third-order valence-electron chi connectivity index (χ3n) is 2.75. The first kappa shape index (κ1) is 13.5. The first-order valence-electron chi connectivity index (χ1n) is 5.97. The van der Waals surface area contributed by atoms with Gasteiger partial charge in [-0.15, -0.1) is 11.6 Å². The summed E-state index contributed by atoms with van der Waals surface area (Å²) in [5.74, 6) is -0.305. The molecule has 1 aromatic carbocycles. The predicted molar refractivity (Wildman–Crippen MR) is 74.3 cm³/mol. The number of anilines is 1. The lowest BCUT2D eigenvalue weighted by molar-refractivity contribution is -0.121. The number of nitrogens with one attached hydrogen (secondary N) is 2. The molecule has 0 aliphatic carbocycles. The monoisotopic (exact) mass is 279 g/mol. The molecule has 0 spiro atoms. The number of carbonyl (C=O) groups is 2. The fourth-order valence-electron chi connectivity index (χ4n) is 1.67. The quantitative estimate of drug-likeness (QED) is 0.829. The zero-order valence-corrected chi connectivity index (χ0v) is 11.2. The largest absolute Gasteiger partial charge is 0.325 e. The van der Waals surface area contributed by atoms with Crippen molar-refractivity contribution >= 4 is 34.8 Å². The summed E-state index contributed by atoms with van der Waals surface area (Å²) in [6.07, 6.45) is 1.07. The van der Waals surface area contributed by atoms with E-state index in [1.54, 1.807) is 19.1 Å². The molecular weight excluding hydrogens is 266 g/mol. The number of hydrogen-bond acceptors (Lipinski definition) is 3. The number of halogens is 1. The van der Waals surface area contributed by atoms with Crippen molar-refractivity contribution in [1.82, 2.24) is 5.43 Å². The second kappa shape index (κ2) is 5.84. The van der Waals surface area contributed by atoms with Gasteiger partial charge in [0, 0.05) is 18.5 Å². The summed E-state index contributed by atoms with van der Waals surface area (Å²) in [5, 5.41) is 6.13. The molecule has 1 aromatic rings. The van der Waals surface area contributed by atoms with Gasteiger partial charge in [-0.05, 0) is 24.6 Å². The molecule has 2 N–H and O–H groups in total. The molecule has 0 radical (unpaired) electrons. The zero-order chi connectivity index (χ0) is 13.8. The number of carbonyl (C=O) groups excluding carboxylic acids is 2. The molecule has 0 unspecified atom stereocenters. The molecule has 0 fully saturated rings. The number of amides is 2. The third kappa shape index (κ3) is 3.54. The summed E-state index contributed by atoms with van der Waals surface area (Å²) in [7, 11) is 0. The lowest BCUT2D eigenvalue weighted by Crippen LogP contribution is -2.25. The minimum absolute atomic E-state index is 0.0660. The van der Waals surface area contributed by atoms with E-state index in [1.165, 1.54) is 0 Å². The Hall–Kier alpha value is -1.88. The summed E-state index contributed by atoms with van der Waals surface area (Å²) in [4.78, 5) is 22.4. The van der Waals surface area contributed by atoms with Gasteiger partial charge in [0.2, 0.25) is 11.8 Å². The van der Waals surface area contributed by atoms with Crippen LogP contribution in [-0.4, -0.2) is 22.9 Å². The second-order valence-corrected chi connectivity index (χ2v) is 4.93. The van der Waals surface area contributed by atoms with Gasteiger partial charge in [-0.2, -0.15) is 5.10 Å². The van der Waals surface area contributed by atoms with Crippen LogP contribution in [0.15, 0.2) is 29.4 Å². The predicted octanol–water partition coefficient (Wildman–Crippen LogP) is 1.87. The average molecular weight is 280 g/mol. The fourth-order valence-corrected chi connectivity index (χ4v) is 1.72. The summed E-state index contributed by atoms with van der Waals surface area (Å²) < 4.78 is 0. The Morgan fingerprint density at radius 3 is 2.58 bits per heavy atom. The van der Waals surface area contributed by atoms with Gasteiger partial charge in [-0.3, -0.25) is 9.59 Å². The van der Waals surface area contributed by atoms with E-state index in [1.807, 2.05) is 12.1 Å². The topological polar surface area (TPSA) is 70.6 Å². The molecule has 1 atom stereocenters. The Labute approximate surface area is 116 Å². The lowest BCUT2D eigenvalue weighted by atomic mass is 10.0. The van der Waals surface area contributed by atoms with Crippen molar-refractivity contribution in [3.63, 3.8) is 0 Å². The van der Waals surface area contributed by atoms with Crippen molar-refractivity contribution in [2.75, 3.05) is 5.32 Å². The summed E-state index contributed by atoms with van der Waals surface area (Å²) >= 11 is 5.67. The van der Waals surface area contributed by atoms with Crippen LogP contribution in [0.1, 0.15) is 25.3 Å². The van der Waals surface area contributed by atoms with Crippen molar-refractivity contribution in [3.05, 3.63) is 29.8 Å². The van der Waals surface area contributed by atoms with Crippen LogP contribution >= 0.6 is 11.6 Å². The van der Waals surface area contributed by atoms with Gasteiger partial charge >= 0.3 is 0 Å². The molecule has 0 aromatic heterocycles. The molecule has 2 rings (SSSR count). The van der Waals surface area contributed by atoms with E-state index < -0.39 is 5.38 Å². The average Bonchev–Trinajstić information content (AvgIpc) is 2.40. The van der Waals surface area contributed by atoms with Gasteiger partial charge in [-0.25, -0.2) is 5.43 Å². The number of alkyl halides is 1. The molecule has 6 heteroatoms. The van der Waals surface area contributed by atoms with E-state index in [4.69, 9.17) is 11.6 Å². The van der Waals surface area contributed by atoms with Crippen molar-refractivity contribution in [2.24, 2.45) is 5.10 Å². The number of rotatable bonds is 3. The van der Waals surface area contributed by atoms with Crippen LogP contribution in [0.5, 0.6) is 0 Å². The molecule has 1 heterocycles. The van der Waals surface area contributed by atoms with Crippen LogP contribution < -0.4 is 10.7 Å². The van der Waals surface area contributed by atoms with Gasteiger partial charge < -0.3 is 5.32 Å². The maximum atomic E-state index is 11.4. The van der Waals surface area contributed by atoms with Gasteiger partial charge in [0.05, 0.1) is 5.71 Å². The van der Waals surface area contributed by atoms with Gasteiger partial charge in [0.25, 0.3) is 0 Å². The van der Waals surface area contributed by atoms with Crippen LogP contribution in [0, 0.1) is 0 Å². The molecule has 19 heavy (non-hydrogen) atoms. The molecule has 1 aliphatic rings. The minimum atomic E-state index is -0.572. The second-order valence-electron chi connectivity index (χ2n) is 4.28. The Bertz CT molecular complexity index is 523. The molecule has 0 saturated carbocycles. The highest BCUT2D eigenvalue weighted by Gasteiger charge is 2.13. The van der Waals surface area contributed by atoms with Crippen molar-refractivity contribution < 1.29 is 9.59 Å². The Kier molecular flexibility index (Phi) is 4.16. The van der Waals surface area contributed by atoms with E-state index in [9.17, 15) is 9.59 Å². The summed E-state index contributed by atoms with van der Waals surface area (Å²) in [5.41, 5.74) is 4.90. The Morgan fingerprint density at radius 2 is 2.05 bits per heavy atom. The van der Waals surface area contributed by atoms with E-state index in [2.05, 4.69) is 15.8 Å². The van der Waals surface area contributed by atoms with E-state index in [0.29, 0.717) is 18.5 Å². The molecule has 1 aliphatic heterocycles. The van der Waals surface area contributed by atoms with Crippen LogP contribution in [0.3, 0.4) is 0 Å². The molecule has 0 bridgehead atoms. The number of benzene rings is 1. The third-order valence-corrected chi connectivity index (χ3v) is 2.95. The minimum Gasteiger partial charge on any atom is -0.325 e. The molecular formula is C13H14ClN3O2. The van der Waals surface area contributed by atoms with Gasteiger partial charge in [-0.1, -0.05) is 12.1 Å². The first-order valence-corrected chi connectivity index (χ1v) is 6.40. The molecule has 5 nitrogen and oxygen atoms in total. The van der Waals surface area contributed by atoms with Gasteiger partial charge in [0.1, 0.15) is 5.38 Å². The Balaban J connectivity index is 2.06. The maximum Gasteiger partial charge on any atom is 0.242 e. The number of hydrogen-bond donors (Lipinski definition) is 2. The van der Waals surface area contributed by atoms with Crippen LogP contribution in [0.4, 0.5) is 5.69 Å². The molecule has 0 saturated heterocycles. The lowest BCUT2D eigenvalue weighted by Gasteiger charge is -2.12. The van der Waals surface area contributed by atoms with Gasteiger partial charge in [0.15, 0.2) is 0 Å². The van der Waals surface area contributed by atoms with Crippen molar-refractivity contribution in [2.45, 2.75) is 25.1 Å².